The third-order valence-electron chi connectivity index (χ3n) is 2.58. The number of imidazole rings is 1. The van der Waals surface area contributed by atoms with Gasteiger partial charge >= 0.3 is 0 Å². The summed E-state index contributed by atoms with van der Waals surface area (Å²) < 4.78 is 3.84. The SMILES string of the molecule is CCCn1cc(-c2ncn(CC)c2N)cn1. The van der Waals surface area contributed by atoms with E-state index < -0.39 is 0 Å². The molecule has 5 heteroatoms. The summed E-state index contributed by atoms with van der Waals surface area (Å²) in [7, 11) is 0. The smallest absolute Gasteiger partial charge is 0.131 e. The Morgan fingerprint density at radius 3 is 2.81 bits per heavy atom. The standard InChI is InChI=1S/C11H17N5/c1-3-5-16-7-9(6-14-16)10-11(12)15(4-2)8-13-10/h6-8H,3-5,12H2,1-2H3. The van der Waals surface area contributed by atoms with Gasteiger partial charge in [-0.15, -0.1) is 0 Å². The first-order valence-electron chi connectivity index (χ1n) is 5.59. The highest BCUT2D eigenvalue weighted by Crippen LogP contribution is 2.23. The van der Waals surface area contributed by atoms with E-state index in [1.807, 2.05) is 28.6 Å². The molecule has 2 aromatic rings. The minimum absolute atomic E-state index is 0.707. The topological polar surface area (TPSA) is 61.7 Å². The number of hydrogen-bond donors (Lipinski definition) is 1. The Bertz CT molecular complexity index is 468. The third kappa shape index (κ3) is 1.80. The molecule has 0 aliphatic rings. The Morgan fingerprint density at radius 2 is 2.19 bits per heavy atom. The molecular formula is C11H17N5. The average Bonchev–Trinajstić information content (AvgIpc) is 2.85. The summed E-state index contributed by atoms with van der Waals surface area (Å²) in [5, 5.41) is 4.27. The highest BCUT2D eigenvalue weighted by atomic mass is 15.3. The van der Waals surface area contributed by atoms with Gasteiger partial charge in [-0.25, -0.2) is 4.98 Å². The molecule has 2 heterocycles. The van der Waals surface area contributed by atoms with E-state index in [2.05, 4.69) is 17.0 Å². The lowest BCUT2D eigenvalue weighted by atomic mass is 10.2. The Labute approximate surface area is 94.9 Å². The van der Waals surface area contributed by atoms with Crippen LogP contribution in [-0.2, 0) is 13.1 Å². The van der Waals surface area contributed by atoms with Crippen LogP contribution < -0.4 is 5.73 Å². The van der Waals surface area contributed by atoms with Crippen molar-refractivity contribution < 1.29 is 0 Å². The van der Waals surface area contributed by atoms with Crippen LogP contribution in [0, 0.1) is 0 Å². The molecule has 0 saturated carbocycles. The van der Waals surface area contributed by atoms with Crippen LogP contribution in [0.15, 0.2) is 18.7 Å². The van der Waals surface area contributed by atoms with Crippen molar-refractivity contribution in [3.8, 4) is 11.3 Å². The molecule has 0 aromatic carbocycles. The van der Waals surface area contributed by atoms with E-state index in [1.54, 1.807) is 6.33 Å². The van der Waals surface area contributed by atoms with Crippen molar-refractivity contribution in [1.82, 2.24) is 19.3 Å². The fourth-order valence-electron chi connectivity index (χ4n) is 1.70. The summed E-state index contributed by atoms with van der Waals surface area (Å²) >= 11 is 0. The highest BCUT2D eigenvalue weighted by Gasteiger charge is 2.10. The Morgan fingerprint density at radius 1 is 1.38 bits per heavy atom. The maximum atomic E-state index is 5.99. The highest BCUT2D eigenvalue weighted by molar-refractivity contribution is 5.69. The number of nitrogen functional groups attached to an aromatic ring is 1. The number of anilines is 1. The molecule has 86 valence electrons. The van der Waals surface area contributed by atoms with E-state index in [0.717, 1.165) is 30.8 Å². The van der Waals surface area contributed by atoms with Gasteiger partial charge in [0.25, 0.3) is 0 Å². The number of rotatable bonds is 4. The zero-order valence-corrected chi connectivity index (χ0v) is 9.72. The first-order chi connectivity index (χ1) is 7.76. The summed E-state index contributed by atoms with van der Waals surface area (Å²) in [5.41, 5.74) is 7.80. The normalized spacial score (nSPS) is 10.9. The lowest BCUT2D eigenvalue weighted by Crippen LogP contribution is -1.99. The van der Waals surface area contributed by atoms with E-state index in [0.29, 0.717) is 5.82 Å². The van der Waals surface area contributed by atoms with Gasteiger partial charge in [-0.3, -0.25) is 4.68 Å². The molecule has 2 N–H and O–H groups in total. The molecule has 0 radical (unpaired) electrons. The summed E-state index contributed by atoms with van der Waals surface area (Å²) in [6.07, 6.45) is 6.64. The van der Waals surface area contributed by atoms with Crippen LogP contribution in [0.25, 0.3) is 11.3 Å². The number of aromatic nitrogens is 4. The maximum Gasteiger partial charge on any atom is 0.131 e. The maximum absolute atomic E-state index is 5.99. The van der Waals surface area contributed by atoms with Gasteiger partial charge in [-0.05, 0) is 13.3 Å². The third-order valence-corrected chi connectivity index (χ3v) is 2.58. The zero-order valence-electron chi connectivity index (χ0n) is 9.72. The van der Waals surface area contributed by atoms with Crippen molar-refractivity contribution in [1.29, 1.82) is 0 Å². The summed E-state index contributed by atoms with van der Waals surface area (Å²) in [6, 6.07) is 0. The van der Waals surface area contributed by atoms with Crippen LogP contribution in [0.4, 0.5) is 5.82 Å². The molecule has 5 nitrogen and oxygen atoms in total. The zero-order chi connectivity index (χ0) is 11.5. The Hall–Kier alpha value is -1.78. The van der Waals surface area contributed by atoms with Gasteiger partial charge < -0.3 is 10.3 Å². The van der Waals surface area contributed by atoms with Gasteiger partial charge in [0.1, 0.15) is 11.5 Å². The number of hydrogen-bond acceptors (Lipinski definition) is 3. The summed E-state index contributed by atoms with van der Waals surface area (Å²) in [4.78, 5) is 4.31. The first kappa shape index (κ1) is 10.7. The molecule has 0 spiro atoms. The van der Waals surface area contributed by atoms with Crippen molar-refractivity contribution in [2.24, 2.45) is 0 Å². The second-order valence-corrected chi connectivity index (χ2v) is 3.76. The number of nitrogens with zero attached hydrogens (tertiary/aromatic N) is 4. The van der Waals surface area contributed by atoms with Crippen molar-refractivity contribution >= 4 is 5.82 Å². The number of aryl methyl sites for hydroxylation is 2. The van der Waals surface area contributed by atoms with E-state index in [4.69, 9.17) is 5.73 Å². The lowest BCUT2D eigenvalue weighted by Gasteiger charge is -1.99. The predicted molar refractivity (Wildman–Crippen MR) is 63.8 cm³/mol. The second-order valence-electron chi connectivity index (χ2n) is 3.76. The molecule has 0 atom stereocenters. The molecule has 0 aliphatic heterocycles. The largest absolute Gasteiger partial charge is 0.383 e. The molecule has 0 aliphatic carbocycles. The minimum atomic E-state index is 0.707. The van der Waals surface area contributed by atoms with Crippen molar-refractivity contribution in [2.45, 2.75) is 33.4 Å². The quantitative estimate of drug-likeness (QED) is 0.852. The fraction of sp³-hybridized carbons (Fsp3) is 0.455. The lowest BCUT2D eigenvalue weighted by molar-refractivity contribution is 0.603. The van der Waals surface area contributed by atoms with Crippen molar-refractivity contribution in [3.63, 3.8) is 0 Å². The average molecular weight is 219 g/mol. The molecule has 16 heavy (non-hydrogen) atoms. The van der Waals surface area contributed by atoms with E-state index in [9.17, 15) is 0 Å². The van der Waals surface area contributed by atoms with Gasteiger partial charge in [-0.2, -0.15) is 5.10 Å². The van der Waals surface area contributed by atoms with E-state index >= 15 is 0 Å². The van der Waals surface area contributed by atoms with Crippen LogP contribution in [-0.4, -0.2) is 19.3 Å². The van der Waals surface area contributed by atoms with E-state index in [-0.39, 0.29) is 0 Å². The van der Waals surface area contributed by atoms with Gasteiger partial charge in [0.05, 0.1) is 12.5 Å². The molecule has 2 rings (SSSR count). The van der Waals surface area contributed by atoms with Crippen LogP contribution in [0.2, 0.25) is 0 Å². The van der Waals surface area contributed by atoms with Gasteiger partial charge in [-0.1, -0.05) is 6.92 Å². The van der Waals surface area contributed by atoms with E-state index in [1.165, 1.54) is 0 Å². The van der Waals surface area contributed by atoms with Crippen LogP contribution in [0.5, 0.6) is 0 Å². The molecule has 0 saturated heterocycles. The van der Waals surface area contributed by atoms with Crippen molar-refractivity contribution in [3.05, 3.63) is 18.7 Å². The minimum Gasteiger partial charge on any atom is -0.383 e. The number of nitrogens with two attached hydrogens (primary N) is 1. The van der Waals surface area contributed by atoms with Crippen LogP contribution in [0.1, 0.15) is 20.3 Å². The fourth-order valence-corrected chi connectivity index (χ4v) is 1.70. The second kappa shape index (κ2) is 4.38. The summed E-state index contributed by atoms with van der Waals surface area (Å²) in [5.74, 6) is 0.707. The Kier molecular flexibility index (Phi) is 2.94. The summed E-state index contributed by atoms with van der Waals surface area (Å²) in [6.45, 7) is 5.93. The van der Waals surface area contributed by atoms with Gasteiger partial charge in [0, 0.05) is 24.8 Å². The molecule has 0 amide bonds. The van der Waals surface area contributed by atoms with Crippen molar-refractivity contribution in [2.75, 3.05) is 5.73 Å². The van der Waals surface area contributed by atoms with Crippen LogP contribution >= 0.6 is 0 Å². The van der Waals surface area contributed by atoms with Gasteiger partial charge in [0.15, 0.2) is 0 Å². The molecule has 0 fully saturated rings. The Balaban J connectivity index is 2.31. The van der Waals surface area contributed by atoms with Crippen LogP contribution in [0.3, 0.4) is 0 Å². The predicted octanol–water partition coefficient (Wildman–Crippen LogP) is 1.76. The first-order valence-corrected chi connectivity index (χ1v) is 5.59. The molecule has 2 aromatic heterocycles. The molecular weight excluding hydrogens is 202 g/mol. The van der Waals surface area contributed by atoms with Gasteiger partial charge in [0.2, 0.25) is 0 Å². The molecule has 0 bridgehead atoms. The monoisotopic (exact) mass is 219 g/mol. The molecule has 0 unspecified atom stereocenters.